The zero-order valence-corrected chi connectivity index (χ0v) is 13.7. The Morgan fingerprint density at radius 1 is 1.00 bits per heavy atom. The van der Waals surface area contributed by atoms with Gasteiger partial charge in [-0.05, 0) is 58.7 Å². The molecule has 0 saturated heterocycles. The molecule has 1 aromatic heterocycles. The molecular formula is C17H24N4. The van der Waals surface area contributed by atoms with Crippen molar-refractivity contribution in [2.24, 2.45) is 0 Å². The van der Waals surface area contributed by atoms with Gasteiger partial charge in [0.1, 0.15) is 5.82 Å². The second-order valence-corrected chi connectivity index (χ2v) is 6.54. The number of aryl methyl sites for hydroxylation is 3. The van der Waals surface area contributed by atoms with Crippen LogP contribution in [0.2, 0.25) is 0 Å². The highest BCUT2D eigenvalue weighted by Gasteiger charge is 2.11. The van der Waals surface area contributed by atoms with Crippen LogP contribution in [-0.2, 0) is 0 Å². The van der Waals surface area contributed by atoms with E-state index in [2.05, 4.69) is 74.3 Å². The van der Waals surface area contributed by atoms with Crippen LogP contribution in [0.5, 0.6) is 0 Å². The number of benzene rings is 1. The van der Waals surface area contributed by atoms with Crippen LogP contribution in [-0.4, -0.2) is 15.5 Å². The maximum absolute atomic E-state index is 4.52. The average molecular weight is 284 g/mol. The third-order valence-corrected chi connectivity index (χ3v) is 3.07. The van der Waals surface area contributed by atoms with E-state index >= 15 is 0 Å². The van der Waals surface area contributed by atoms with Crippen LogP contribution < -0.4 is 10.6 Å². The van der Waals surface area contributed by atoms with Crippen molar-refractivity contribution in [3.63, 3.8) is 0 Å². The molecule has 0 atom stereocenters. The van der Waals surface area contributed by atoms with Crippen LogP contribution in [0.15, 0.2) is 24.4 Å². The Labute approximate surface area is 127 Å². The van der Waals surface area contributed by atoms with E-state index in [4.69, 9.17) is 0 Å². The van der Waals surface area contributed by atoms with Gasteiger partial charge in [-0.15, -0.1) is 0 Å². The first-order valence-electron chi connectivity index (χ1n) is 7.21. The fraction of sp³-hybridized carbons (Fsp3) is 0.412. The highest BCUT2D eigenvalue weighted by Crippen LogP contribution is 2.25. The van der Waals surface area contributed by atoms with Crippen molar-refractivity contribution < 1.29 is 0 Å². The van der Waals surface area contributed by atoms with Crippen molar-refractivity contribution in [1.29, 1.82) is 0 Å². The minimum Gasteiger partial charge on any atom is -0.365 e. The minimum absolute atomic E-state index is 0.0265. The van der Waals surface area contributed by atoms with E-state index < -0.39 is 0 Å². The second kappa shape index (κ2) is 5.72. The lowest BCUT2D eigenvalue weighted by molar-refractivity contribution is 0.630. The molecule has 21 heavy (non-hydrogen) atoms. The molecular weight excluding hydrogens is 260 g/mol. The summed E-state index contributed by atoms with van der Waals surface area (Å²) in [5.41, 5.74) is 4.71. The van der Waals surface area contributed by atoms with Gasteiger partial charge in [0, 0.05) is 17.4 Å². The van der Waals surface area contributed by atoms with E-state index in [0.717, 1.165) is 11.5 Å². The number of hydrogen-bond donors (Lipinski definition) is 2. The van der Waals surface area contributed by atoms with Crippen molar-refractivity contribution >= 4 is 17.5 Å². The van der Waals surface area contributed by atoms with Crippen molar-refractivity contribution in [1.82, 2.24) is 9.97 Å². The van der Waals surface area contributed by atoms with Crippen LogP contribution >= 0.6 is 0 Å². The molecule has 2 aromatic rings. The molecule has 1 heterocycles. The van der Waals surface area contributed by atoms with Crippen molar-refractivity contribution in [3.8, 4) is 0 Å². The van der Waals surface area contributed by atoms with Gasteiger partial charge in [-0.3, -0.25) is 0 Å². The zero-order chi connectivity index (χ0) is 15.6. The first kappa shape index (κ1) is 15.3. The molecule has 0 spiro atoms. The molecule has 2 rings (SSSR count). The number of rotatable bonds is 3. The Bertz CT molecular complexity index is 618. The molecule has 0 unspecified atom stereocenters. The van der Waals surface area contributed by atoms with Gasteiger partial charge in [0.25, 0.3) is 0 Å². The molecule has 1 aromatic carbocycles. The zero-order valence-electron chi connectivity index (χ0n) is 13.7. The fourth-order valence-electron chi connectivity index (χ4n) is 2.36. The summed E-state index contributed by atoms with van der Waals surface area (Å²) in [6.45, 7) is 12.6. The smallest absolute Gasteiger partial charge is 0.229 e. The number of nitrogens with one attached hydrogen (secondary N) is 2. The van der Waals surface area contributed by atoms with Gasteiger partial charge >= 0.3 is 0 Å². The Morgan fingerprint density at radius 3 is 2.19 bits per heavy atom. The minimum atomic E-state index is -0.0265. The van der Waals surface area contributed by atoms with Gasteiger partial charge in [-0.25, -0.2) is 4.98 Å². The number of hydrogen-bond acceptors (Lipinski definition) is 4. The lowest BCUT2D eigenvalue weighted by Crippen LogP contribution is -2.26. The number of aromatic nitrogens is 2. The van der Waals surface area contributed by atoms with Gasteiger partial charge in [0.15, 0.2) is 0 Å². The molecule has 0 fully saturated rings. The molecule has 0 bridgehead atoms. The molecule has 0 saturated carbocycles. The lowest BCUT2D eigenvalue weighted by Gasteiger charge is -2.21. The first-order chi connectivity index (χ1) is 9.74. The standard InChI is InChI=1S/C17H24N4/c1-11-9-12(2)15(13(3)10-11)20-16-18-8-7-14(19-16)21-17(4,5)6/h7-10H,1-6H3,(H2,18,19,20,21). The van der Waals surface area contributed by atoms with Gasteiger partial charge in [0.2, 0.25) is 5.95 Å². The van der Waals surface area contributed by atoms with Crippen LogP contribution in [0, 0.1) is 20.8 Å². The van der Waals surface area contributed by atoms with E-state index in [1.165, 1.54) is 16.7 Å². The molecule has 0 aliphatic heterocycles. The topological polar surface area (TPSA) is 49.8 Å². The molecule has 0 amide bonds. The summed E-state index contributed by atoms with van der Waals surface area (Å²) in [5, 5.41) is 6.69. The van der Waals surface area contributed by atoms with Gasteiger partial charge in [0.05, 0.1) is 0 Å². The van der Waals surface area contributed by atoms with E-state index in [1.54, 1.807) is 6.20 Å². The van der Waals surface area contributed by atoms with Gasteiger partial charge in [-0.2, -0.15) is 4.98 Å². The fourth-order valence-corrected chi connectivity index (χ4v) is 2.36. The van der Waals surface area contributed by atoms with E-state index in [-0.39, 0.29) is 5.54 Å². The normalized spacial score (nSPS) is 11.3. The molecule has 4 heteroatoms. The molecule has 2 N–H and O–H groups in total. The maximum atomic E-state index is 4.52. The summed E-state index contributed by atoms with van der Waals surface area (Å²) >= 11 is 0. The van der Waals surface area contributed by atoms with E-state index in [9.17, 15) is 0 Å². The highest BCUT2D eigenvalue weighted by molar-refractivity contribution is 5.64. The van der Waals surface area contributed by atoms with Crippen molar-refractivity contribution in [3.05, 3.63) is 41.1 Å². The molecule has 0 aliphatic rings. The molecule has 0 aliphatic carbocycles. The number of anilines is 3. The largest absolute Gasteiger partial charge is 0.365 e. The predicted molar refractivity (Wildman–Crippen MR) is 89.3 cm³/mol. The Hall–Kier alpha value is -2.10. The monoisotopic (exact) mass is 284 g/mol. The van der Waals surface area contributed by atoms with E-state index in [0.29, 0.717) is 5.95 Å². The summed E-state index contributed by atoms with van der Waals surface area (Å²) in [5.74, 6) is 1.43. The predicted octanol–water partition coefficient (Wildman–Crippen LogP) is 4.36. The summed E-state index contributed by atoms with van der Waals surface area (Å²) in [6.07, 6.45) is 1.77. The van der Waals surface area contributed by atoms with Crippen molar-refractivity contribution in [2.45, 2.75) is 47.1 Å². The van der Waals surface area contributed by atoms with Crippen LogP contribution in [0.1, 0.15) is 37.5 Å². The van der Waals surface area contributed by atoms with Crippen LogP contribution in [0.3, 0.4) is 0 Å². The Balaban J connectivity index is 2.27. The Morgan fingerprint density at radius 2 is 1.62 bits per heavy atom. The summed E-state index contributed by atoms with van der Waals surface area (Å²) in [6, 6.07) is 6.20. The highest BCUT2D eigenvalue weighted by atomic mass is 15.2. The SMILES string of the molecule is Cc1cc(C)c(Nc2nccc(NC(C)(C)C)n2)c(C)c1. The Kier molecular flexibility index (Phi) is 4.16. The lowest BCUT2D eigenvalue weighted by atomic mass is 10.1. The third kappa shape index (κ3) is 4.18. The van der Waals surface area contributed by atoms with Crippen LogP contribution in [0.4, 0.5) is 17.5 Å². The second-order valence-electron chi connectivity index (χ2n) is 6.54. The van der Waals surface area contributed by atoms with Crippen LogP contribution in [0.25, 0.3) is 0 Å². The maximum Gasteiger partial charge on any atom is 0.229 e. The summed E-state index contributed by atoms with van der Waals surface area (Å²) < 4.78 is 0. The van der Waals surface area contributed by atoms with Crippen molar-refractivity contribution in [2.75, 3.05) is 10.6 Å². The third-order valence-electron chi connectivity index (χ3n) is 3.07. The van der Waals surface area contributed by atoms with Gasteiger partial charge < -0.3 is 10.6 Å². The summed E-state index contributed by atoms with van der Waals surface area (Å²) in [4.78, 5) is 8.83. The average Bonchev–Trinajstić information content (AvgIpc) is 2.32. The number of nitrogens with zero attached hydrogens (tertiary/aromatic N) is 2. The summed E-state index contributed by atoms with van der Waals surface area (Å²) in [7, 11) is 0. The molecule has 112 valence electrons. The first-order valence-corrected chi connectivity index (χ1v) is 7.21. The molecule has 4 nitrogen and oxygen atoms in total. The molecule has 0 radical (unpaired) electrons. The quantitative estimate of drug-likeness (QED) is 0.879. The van der Waals surface area contributed by atoms with E-state index in [1.807, 2.05) is 6.07 Å². The van der Waals surface area contributed by atoms with Gasteiger partial charge in [-0.1, -0.05) is 17.7 Å².